The number of benzene rings is 1. The first-order chi connectivity index (χ1) is 12.1. The number of anilines is 1. The lowest BCUT2D eigenvalue weighted by Crippen LogP contribution is -2.33. The molecule has 0 saturated heterocycles. The Hall–Kier alpha value is -3.09. The van der Waals surface area contributed by atoms with Crippen molar-refractivity contribution in [2.75, 3.05) is 11.9 Å². The van der Waals surface area contributed by atoms with Gasteiger partial charge in [0.05, 0.1) is 18.8 Å². The molecule has 2 aromatic heterocycles. The number of carbonyl (C=O) groups is 2. The highest BCUT2D eigenvalue weighted by molar-refractivity contribution is 6.01. The van der Waals surface area contributed by atoms with Crippen molar-refractivity contribution in [3.63, 3.8) is 0 Å². The van der Waals surface area contributed by atoms with E-state index in [1.807, 2.05) is 31.2 Å². The molecule has 7 nitrogen and oxygen atoms in total. The van der Waals surface area contributed by atoms with Crippen LogP contribution in [0.25, 0.3) is 10.9 Å². The van der Waals surface area contributed by atoms with Crippen LogP contribution in [0, 0.1) is 0 Å². The van der Waals surface area contributed by atoms with E-state index >= 15 is 0 Å². The fourth-order valence-corrected chi connectivity index (χ4v) is 2.58. The summed E-state index contributed by atoms with van der Waals surface area (Å²) in [6.45, 7) is 3.97. The van der Waals surface area contributed by atoms with Gasteiger partial charge in [-0.1, -0.05) is 25.1 Å². The number of rotatable bonds is 6. The standard InChI is InChI=1S/C18H21N5O2/c1-3-12(2)23-16(8-9-20-23)22-17(24)11-19-18(25)15-10-13-6-4-5-7-14(13)21-15/h4-10,12,21H,3,11H2,1-2H3,(H,19,25)(H,22,24)/t12-/m0/s1. The Morgan fingerprint density at radius 1 is 1.28 bits per heavy atom. The summed E-state index contributed by atoms with van der Waals surface area (Å²) < 4.78 is 1.76. The number of nitrogens with zero attached hydrogens (tertiary/aromatic N) is 2. The first kappa shape index (κ1) is 16.8. The Morgan fingerprint density at radius 2 is 2.08 bits per heavy atom. The van der Waals surface area contributed by atoms with E-state index < -0.39 is 0 Å². The van der Waals surface area contributed by atoms with Gasteiger partial charge in [0.25, 0.3) is 5.91 Å². The van der Waals surface area contributed by atoms with E-state index in [4.69, 9.17) is 0 Å². The molecule has 0 spiro atoms. The molecular formula is C18H21N5O2. The highest BCUT2D eigenvalue weighted by atomic mass is 16.2. The van der Waals surface area contributed by atoms with Crippen molar-refractivity contribution >= 4 is 28.5 Å². The SMILES string of the molecule is CC[C@H](C)n1nccc1NC(=O)CNC(=O)c1cc2ccccc2[nH]1. The van der Waals surface area contributed by atoms with Crippen molar-refractivity contribution < 1.29 is 9.59 Å². The number of carbonyl (C=O) groups excluding carboxylic acids is 2. The highest BCUT2D eigenvalue weighted by Gasteiger charge is 2.13. The zero-order valence-electron chi connectivity index (χ0n) is 14.2. The molecule has 0 unspecified atom stereocenters. The zero-order valence-corrected chi connectivity index (χ0v) is 14.2. The average Bonchev–Trinajstić information content (AvgIpc) is 3.25. The van der Waals surface area contributed by atoms with E-state index in [1.54, 1.807) is 23.0 Å². The molecule has 1 aromatic carbocycles. The number of para-hydroxylation sites is 1. The summed E-state index contributed by atoms with van der Waals surface area (Å²) in [5.41, 5.74) is 1.31. The lowest BCUT2D eigenvalue weighted by molar-refractivity contribution is -0.115. The van der Waals surface area contributed by atoms with E-state index in [0.717, 1.165) is 17.3 Å². The van der Waals surface area contributed by atoms with E-state index in [2.05, 4.69) is 27.6 Å². The van der Waals surface area contributed by atoms with Crippen LogP contribution in [0.4, 0.5) is 5.82 Å². The maximum Gasteiger partial charge on any atom is 0.268 e. The van der Waals surface area contributed by atoms with Crippen molar-refractivity contribution in [3.05, 3.63) is 48.3 Å². The van der Waals surface area contributed by atoms with E-state index in [-0.39, 0.29) is 24.4 Å². The fraction of sp³-hybridized carbons (Fsp3) is 0.278. The van der Waals surface area contributed by atoms with Crippen LogP contribution >= 0.6 is 0 Å². The number of nitrogens with one attached hydrogen (secondary N) is 3. The lowest BCUT2D eigenvalue weighted by atomic mass is 10.2. The van der Waals surface area contributed by atoms with Gasteiger partial charge < -0.3 is 15.6 Å². The van der Waals surface area contributed by atoms with Crippen LogP contribution in [0.3, 0.4) is 0 Å². The maximum atomic E-state index is 12.2. The summed E-state index contributed by atoms with van der Waals surface area (Å²) >= 11 is 0. The monoisotopic (exact) mass is 339 g/mol. The van der Waals surface area contributed by atoms with Gasteiger partial charge >= 0.3 is 0 Å². The molecule has 2 amide bonds. The Bertz CT molecular complexity index is 863. The second-order valence-corrected chi connectivity index (χ2v) is 5.92. The summed E-state index contributed by atoms with van der Waals surface area (Å²) in [7, 11) is 0. The van der Waals surface area contributed by atoms with Crippen molar-refractivity contribution in [3.8, 4) is 0 Å². The van der Waals surface area contributed by atoms with E-state index in [9.17, 15) is 9.59 Å². The van der Waals surface area contributed by atoms with Crippen LogP contribution in [-0.4, -0.2) is 33.1 Å². The average molecular weight is 339 g/mol. The van der Waals surface area contributed by atoms with E-state index in [0.29, 0.717) is 11.5 Å². The molecule has 0 aliphatic heterocycles. The van der Waals surface area contributed by atoms with Crippen molar-refractivity contribution in [2.24, 2.45) is 0 Å². The molecule has 2 heterocycles. The molecule has 3 aromatic rings. The summed E-state index contributed by atoms with van der Waals surface area (Å²) in [4.78, 5) is 27.3. The highest BCUT2D eigenvalue weighted by Crippen LogP contribution is 2.16. The van der Waals surface area contributed by atoms with Gasteiger partial charge in [0.15, 0.2) is 0 Å². The summed E-state index contributed by atoms with van der Waals surface area (Å²) in [5, 5.41) is 10.6. The Balaban J connectivity index is 1.59. The number of aromatic nitrogens is 3. The number of aromatic amines is 1. The number of fused-ring (bicyclic) bond motifs is 1. The number of H-pyrrole nitrogens is 1. The largest absolute Gasteiger partial charge is 0.351 e. The van der Waals surface area contributed by atoms with Crippen LogP contribution in [0.15, 0.2) is 42.6 Å². The van der Waals surface area contributed by atoms with Crippen LogP contribution in [0.1, 0.15) is 36.8 Å². The number of amides is 2. The molecule has 0 aliphatic rings. The molecular weight excluding hydrogens is 318 g/mol. The van der Waals surface area contributed by atoms with Gasteiger partial charge in [0.2, 0.25) is 5.91 Å². The second-order valence-electron chi connectivity index (χ2n) is 5.92. The van der Waals surface area contributed by atoms with Gasteiger partial charge in [-0.05, 0) is 25.5 Å². The van der Waals surface area contributed by atoms with E-state index in [1.165, 1.54) is 0 Å². The Labute approximate surface area is 145 Å². The first-order valence-corrected chi connectivity index (χ1v) is 8.27. The second kappa shape index (κ2) is 7.21. The predicted octanol–water partition coefficient (Wildman–Crippen LogP) is 2.70. The molecule has 3 rings (SSSR count). The molecule has 0 fully saturated rings. The molecule has 0 bridgehead atoms. The molecule has 1 atom stereocenters. The van der Waals surface area contributed by atoms with Gasteiger partial charge in [-0.2, -0.15) is 5.10 Å². The third-order valence-electron chi connectivity index (χ3n) is 4.13. The van der Waals surface area contributed by atoms with Crippen LogP contribution in [-0.2, 0) is 4.79 Å². The molecule has 25 heavy (non-hydrogen) atoms. The van der Waals surface area contributed by atoms with Crippen molar-refractivity contribution in [1.29, 1.82) is 0 Å². The lowest BCUT2D eigenvalue weighted by Gasteiger charge is -2.14. The minimum atomic E-state index is -0.318. The van der Waals surface area contributed by atoms with Gasteiger partial charge in [0, 0.05) is 17.0 Å². The minimum absolute atomic E-state index is 0.111. The molecule has 3 N–H and O–H groups in total. The van der Waals surface area contributed by atoms with Crippen molar-refractivity contribution in [1.82, 2.24) is 20.1 Å². The molecule has 0 aliphatic carbocycles. The smallest absolute Gasteiger partial charge is 0.268 e. The van der Waals surface area contributed by atoms with Crippen LogP contribution < -0.4 is 10.6 Å². The van der Waals surface area contributed by atoms with Crippen LogP contribution in [0.5, 0.6) is 0 Å². The summed E-state index contributed by atoms with van der Waals surface area (Å²) in [5.74, 6) is 0.00973. The topological polar surface area (TPSA) is 91.8 Å². The third-order valence-corrected chi connectivity index (χ3v) is 4.13. The predicted molar refractivity (Wildman–Crippen MR) is 96.5 cm³/mol. The molecule has 130 valence electrons. The molecule has 0 saturated carbocycles. The zero-order chi connectivity index (χ0) is 17.8. The summed E-state index contributed by atoms with van der Waals surface area (Å²) in [6.07, 6.45) is 2.55. The Morgan fingerprint density at radius 3 is 2.84 bits per heavy atom. The van der Waals surface area contributed by atoms with Gasteiger partial charge in [-0.15, -0.1) is 0 Å². The quantitative estimate of drug-likeness (QED) is 0.645. The molecule has 7 heteroatoms. The minimum Gasteiger partial charge on any atom is -0.351 e. The number of hydrogen-bond donors (Lipinski definition) is 3. The van der Waals surface area contributed by atoms with Crippen LogP contribution in [0.2, 0.25) is 0 Å². The summed E-state index contributed by atoms with van der Waals surface area (Å²) in [6, 6.07) is 11.3. The van der Waals surface area contributed by atoms with Gasteiger partial charge in [0.1, 0.15) is 11.5 Å². The van der Waals surface area contributed by atoms with Gasteiger partial charge in [-0.25, -0.2) is 4.68 Å². The maximum absolute atomic E-state index is 12.2. The molecule has 0 radical (unpaired) electrons. The Kier molecular flexibility index (Phi) is 4.83. The van der Waals surface area contributed by atoms with Gasteiger partial charge in [-0.3, -0.25) is 9.59 Å². The number of hydrogen-bond acceptors (Lipinski definition) is 3. The fourth-order valence-electron chi connectivity index (χ4n) is 2.58. The normalized spacial score (nSPS) is 12.1. The first-order valence-electron chi connectivity index (χ1n) is 8.27. The third kappa shape index (κ3) is 3.71. The van der Waals surface area contributed by atoms with Crippen molar-refractivity contribution in [2.45, 2.75) is 26.3 Å².